The topological polar surface area (TPSA) is 38.0 Å². The van der Waals surface area contributed by atoms with Crippen molar-refractivity contribution in [2.24, 2.45) is 0 Å². The fraction of sp³-hybridized carbons (Fsp3) is 0.500. The zero-order valence-corrected chi connectivity index (χ0v) is 13.8. The van der Waals surface area contributed by atoms with E-state index in [0.717, 1.165) is 36.2 Å². The first kappa shape index (κ1) is 15.6. The summed E-state index contributed by atoms with van der Waals surface area (Å²) in [5.41, 5.74) is 3.70. The Hall–Kier alpha value is -1.77. The first-order valence-electron chi connectivity index (χ1n) is 7.73. The molecule has 1 heterocycles. The summed E-state index contributed by atoms with van der Waals surface area (Å²) in [4.78, 5) is 0. The third-order valence-electron chi connectivity index (χ3n) is 3.66. The summed E-state index contributed by atoms with van der Waals surface area (Å²) in [7, 11) is 0. The van der Waals surface area contributed by atoms with Gasteiger partial charge < -0.3 is 5.11 Å². The van der Waals surface area contributed by atoms with Crippen molar-refractivity contribution in [3.8, 4) is 17.0 Å². The van der Waals surface area contributed by atoms with E-state index in [4.69, 9.17) is 0 Å². The molecule has 0 aliphatic rings. The van der Waals surface area contributed by atoms with E-state index >= 15 is 0 Å². The predicted octanol–water partition coefficient (Wildman–Crippen LogP) is 4.66. The van der Waals surface area contributed by atoms with Gasteiger partial charge in [0.15, 0.2) is 5.75 Å². The lowest BCUT2D eigenvalue weighted by atomic mass is 10.0. The van der Waals surface area contributed by atoms with Gasteiger partial charge in [-0.25, -0.2) is 0 Å². The minimum absolute atomic E-state index is 0.165. The van der Waals surface area contributed by atoms with Crippen LogP contribution in [0.2, 0.25) is 0 Å². The maximum Gasteiger partial charge on any atom is 0.164 e. The lowest BCUT2D eigenvalue weighted by molar-refractivity contribution is 0.356. The van der Waals surface area contributed by atoms with Crippen molar-refractivity contribution in [1.82, 2.24) is 9.78 Å². The molecule has 1 aromatic heterocycles. The van der Waals surface area contributed by atoms with Gasteiger partial charge in [0.2, 0.25) is 0 Å². The van der Waals surface area contributed by atoms with Gasteiger partial charge in [-0.2, -0.15) is 5.10 Å². The number of rotatable bonds is 4. The smallest absolute Gasteiger partial charge is 0.164 e. The van der Waals surface area contributed by atoms with Crippen molar-refractivity contribution < 1.29 is 5.11 Å². The summed E-state index contributed by atoms with van der Waals surface area (Å²) in [6.45, 7) is 10.6. The summed E-state index contributed by atoms with van der Waals surface area (Å²) >= 11 is 0. The number of hydrogen-bond acceptors (Lipinski definition) is 2. The molecule has 2 aromatic rings. The van der Waals surface area contributed by atoms with E-state index in [0.29, 0.717) is 5.75 Å². The highest BCUT2D eigenvalue weighted by molar-refractivity contribution is 5.68. The Morgan fingerprint density at radius 1 is 1.14 bits per heavy atom. The molecule has 3 nitrogen and oxygen atoms in total. The number of aryl methyl sites for hydroxylation is 2. The fourth-order valence-electron chi connectivity index (χ4n) is 2.42. The average molecular weight is 286 g/mol. The Bertz CT molecular complexity index is 603. The molecule has 0 spiro atoms. The zero-order valence-electron chi connectivity index (χ0n) is 13.8. The number of nitrogens with zero attached hydrogens (tertiary/aromatic N) is 2. The summed E-state index contributed by atoms with van der Waals surface area (Å²) < 4.78 is 1.96. The van der Waals surface area contributed by atoms with Gasteiger partial charge in [-0.1, -0.05) is 43.2 Å². The third kappa shape index (κ3) is 3.29. The molecule has 0 atom stereocenters. The molecule has 21 heavy (non-hydrogen) atoms. The molecule has 114 valence electrons. The molecule has 0 saturated carbocycles. The largest absolute Gasteiger partial charge is 0.504 e. The molecule has 2 rings (SSSR count). The normalized spacial score (nSPS) is 11.9. The second-order valence-corrected chi connectivity index (χ2v) is 6.70. The standard InChI is InChI=1S/C18H26N2O/c1-6-7-8-15-17(21)16(20(19-15)18(3,4)5)14-11-9-13(2)10-12-14/h9-12,21H,6-8H2,1-5H3. The number of aromatic nitrogens is 2. The molecule has 0 amide bonds. The van der Waals surface area contributed by atoms with Crippen LogP contribution < -0.4 is 0 Å². The van der Waals surface area contributed by atoms with Crippen molar-refractivity contribution in [2.45, 2.75) is 59.4 Å². The quantitative estimate of drug-likeness (QED) is 0.887. The van der Waals surface area contributed by atoms with Gasteiger partial charge in [-0.15, -0.1) is 0 Å². The minimum Gasteiger partial charge on any atom is -0.504 e. The molecule has 1 N–H and O–H groups in total. The maximum atomic E-state index is 10.6. The van der Waals surface area contributed by atoms with Crippen molar-refractivity contribution in [2.75, 3.05) is 0 Å². The van der Waals surface area contributed by atoms with Crippen LogP contribution in [-0.2, 0) is 12.0 Å². The van der Waals surface area contributed by atoms with Crippen LogP contribution in [0.25, 0.3) is 11.3 Å². The molecule has 0 saturated heterocycles. The first-order valence-corrected chi connectivity index (χ1v) is 7.73. The Morgan fingerprint density at radius 2 is 1.76 bits per heavy atom. The molecule has 0 fully saturated rings. The average Bonchev–Trinajstić information content (AvgIpc) is 2.75. The van der Waals surface area contributed by atoms with Crippen molar-refractivity contribution in [3.05, 3.63) is 35.5 Å². The molecule has 3 heteroatoms. The second-order valence-electron chi connectivity index (χ2n) is 6.70. The van der Waals surface area contributed by atoms with Crippen LogP contribution in [0.4, 0.5) is 0 Å². The SMILES string of the molecule is CCCCc1nn(C(C)(C)C)c(-c2ccc(C)cc2)c1O. The van der Waals surface area contributed by atoms with Crippen LogP contribution in [0.3, 0.4) is 0 Å². The highest BCUT2D eigenvalue weighted by Crippen LogP contribution is 2.36. The van der Waals surface area contributed by atoms with E-state index in [1.165, 1.54) is 5.56 Å². The lowest BCUT2D eigenvalue weighted by Gasteiger charge is -2.22. The van der Waals surface area contributed by atoms with Crippen molar-refractivity contribution in [3.63, 3.8) is 0 Å². The summed E-state index contributed by atoms with van der Waals surface area (Å²) in [6, 6.07) is 8.25. The maximum absolute atomic E-state index is 10.6. The highest BCUT2D eigenvalue weighted by Gasteiger charge is 2.25. The van der Waals surface area contributed by atoms with E-state index in [-0.39, 0.29) is 5.54 Å². The van der Waals surface area contributed by atoms with E-state index in [9.17, 15) is 5.11 Å². The van der Waals surface area contributed by atoms with Gasteiger partial charge in [0, 0.05) is 5.56 Å². The molecule has 0 radical (unpaired) electrons. The van der Waals surface area contributed by atoms with E-state index in [1.807, 2.05) is 4.68 Å². The summed E-state index contributed by atoms with van der Waals surface area (Å²) in [6.07, 6.45) is 2.97. The third-order valence-corrected chi connectivity index (χ3v) is 3.66. The Balaban J connectivity index is 2.56. The molecule has 0 unspecified atom stereocenters. The van der Waals surface area contributed by atoms with Gasteiger partial charge in [-0.05, 0) is 40.5 Å². The van der Waals surface area contributed by atoms with E-state index in [2.05, 4.69) is 64.0 Å². The van der Waals surface area contributed by atoms with Crippen LogP contribution in [0.1, 0.15) is 51.8 Å². The highest BCUT2D eigenvalue weighted by atomic mass is 16.3. The lowest BCUT2D eigenvalue weighted by Crippen LogP contribution is -2.24. The van der Waals surface area contributed by atoms with Gasteiger partial charge in [0.25, 0.3) is 0 Å². The van der Waals surface area contributed by atoms with Crippen molar-refractivity contribution >= 4 is 0 Å². The van der Waals surface area contributed by atoms with Crippen LogP contribution in [0, 0.1) is 6.92 Å². The second kappa shape index (κ2) is 5.92. The monoisotopic (exact) mass is 286 g/mol. The van der Waals surface area contributed by atoms with Crippen LogP contribution >= 0.6 is 0 Å². The van der Waals surface area contributed by atoms with E-state index < -0.39 is 0 Å². The van der Waals surface area contributed by atoms with Crippen LogP contribution in [-0.4, -0.2) is 14.9 Å². The fourth-order valence-corrected chi connectivity index (χ4v) is 2.42. The number of unbranched alkanes of at least 4 members (excludes halogenated alkanes) is 1. The molecule has 0 aliphatic carbocycles. The molecular formula is C18H26N2O. The first-order chi connectivity index (χ1) is 9.84. The number of aromatic hydroxyl groups is 1. The summed E-state index contributed by atoms with van der Waals surface area (Å²) in [5.74, 6) is 0.335. The molecular weight excluding hydrogens is 260 g/mol. The Morgan fingerprint density at radius 3 is 2.29 bits per heavy atom. The summed E-state index contributed by atoms with van der Waals surface area (Å²) in [5, 5.41) is 15.3. The number of hydrogen-bond donors (Lipinski definition) is 1. The Kier molecular flexibility index (Phi) is 4.40. The number of benzene rings is 1. The van der Waals surface area contributed by atoms with Gasteiger partial charge >= 0.3 is 0 Å². The van der Waals surface area contributed by atoms with Crippen LogP contribution in [0.5, 0.6) is 5.75 Å². The van der Waals surface area contributed by atoms with Crippen molar-refractivity contribution in [1.29, 1.82) is 0 Å². The minimum atomic E-state index is -0.165. The zero-order chi connectivity index (χ0) is 15.6. The van der Waals surface area contributed by atoms with E-state index in [1.54, 1.807) is 0 Å². The van der Waals surface area contributed by atoms with Gasteiger partial charge in [-0.3, -0.25) is 4.68 Å². The van der Waals surface area contributed by atoms with Gasteiger partial charge in [0.05, 0.1) is 5.54 Å². The molecule has 0 aliphatic heterocycles. The van der Waals surface area contributed by atoms with Gasteiger partial charge in [0.1, 0.15) is 11.4 Å². The molecule has 1 aromatic carbocycles. The Labute approximate surface area is 127 Å². The van der Waals surface area contributed by atoms with Crippen LogP contribution in [0.15, 0.2) is 24.3 Å². The molecule has 0 bridgehead atoms. The predicted molar refractivity (Wildman–Crippen MR) is 87.7 cm³/mol.